The third kappa shape index (κ3) is 4.53. The van der Waals surface area contributed by atoms with Crippen molar-refractivity contribution in [3.8, 4) is 11.5 Å². The molecule has 6 nitrogen and oxygen atoms in total. The lowest BCUT2D eigenvalue weighted by molar-refractivity contribution is 0.102. The van der Waals surface area contributed by atoms with Crippen LogP contribution in [0, 0.1) is 6.92 Å². The van der Waals surface area contributed by atoms with Crippen LogP contribution >= 0.6 is 11.6 Å². The number of carbonyl (C=O) groups excluding carboxylic acids is 1. The first kappa shape index (κ1) is 19.5. The number of benzene rings is 2. The lowest BCUT2D eigenvalue weighted by atomic mass is 10.2. The molecule has 0 radical (unpaired) electrons. The van der Waals surface area contributed by atoms with Gasteiger partial charge < -0.3 is 20.1 Å². The van der Waals surface area contributed by atoms with Crippen LogP contribution in [0.1, 0.15) is 15.9 Å². The van der Waals surface area contributed by atoms with Crippen LogP contribution in [0.25, 0.3) is 0 Å². The van der Waals surface area contributed by atoms with Crippen LogP contribution in [0.4, 0.5) is 17.2 Å². The van der Waals surface area contributed by atoms with Gasteiger partial charge in [0.2, 0.25) is 0 Å². The van der Waals surface area contributed by atoms with Crippen molar-refractivity contribution < 1.29 is 14.3 Å². The first-order valence-electron chi connectivity index (χ1n) is 8.53. The molecule has 3 rings (SSSR count). The summed E-state index contributed by atoms with van der Waals surface area (Å²) in [7, 11) is 3.15. The maximum absolute atomic E-state index is 12.6. The second-order valence-electron chi connectivity index (χ2n) is 6.04. The number of aryl methyl sites for hydroxylation is 1. The highest BCUT2D eigenvalue weighted by Gasteiger charge is 2.10. The van der Waals surface area contributed by atoms with Crippen LogP contribution in [0.2, 0.25) is 5.02 Å². The van der Waals surface area contributed by atoms with E-state index < -0.39 is 0 Å². The van der Waals surface area contributed by atoms with Gasteiger partial charge in [0.05, 0.1) is 14.2 Å². The molecule has 0 unspecified atom stereocenters. The van der Waals surface area contributed by atoms with Gasteiger partial charge >= 0.3 is 0 Å². The molecule has 144 valence electrons. The summed E-state index contributed by atoms with van der Waals surface area (Å²) in [4.78, 5) is 16.8. The lowest BCUT2D eigenvalue weighted by Crippen LogP contribution is -2.12. The van der Waals surface area contributed by atoms with E-state index in [4.69, 9.17) is 21.1 Å². The summed E-state index contributed by atoms with van der Waals surface area (Å²) in [5.74, 6) is 1.50. The Hall–Kier alpha value is -3.25. The predicted octanol–water partition coefficient (Wildman–Crippen LogP) is 5.06. The van der Waals surface area contributed by atoms with Crippen LogP contribution in [-0.4, -0.2) is 25.1 Å². The molecule has 28 heavy (non-hydrogen) atoms. The highest BCUT2D eigenvalue weighted by atomic mass is 35.5. The van der Waals surface area contributed by atoms with Crippen LogP contribution in [0.15, 0.2) is 54.7 Å². The second kappa shape index (κ2) is 8.63. The maximum Gasteiger partial charge on any atom is 0.255 e. The Morgan fingerprint density at radius 2 is 1.71 bits per heavy atom. The van der Waals surface area contributed by atoms with Crippen molar-refractivity contribution in [1.82, 2.24) is 4.98 Å². The summed E-state index contributed by atoms with van der Waals surface area (Å²) in [6, 6.07) is 14.1. The van der Waals surface area contributed by atoms with Crippen molar-refractivity contribution in [3.63, 3.8) is 0 Å². The standard InChI is InChI=1S/C21H20ClN3O3/c1-13-4-5-15(11-17(13)22)25-21(26)14-8-9-23-20(10-14)24-16-6-7-18(27-2)19(12-16)28-3/h4-12H,1-3H3,(H,23,24)(H,25,26). The molecule has 1 amide bonds. The van der Waals surface area contributed by atoms with Gasteiger partial charge in [-0.15, -0.1) is 0 Å². The van der Waals surface area contributed by atoms with Gasteiger partial charge in [-0.05, 0) is 48.9 Å². The molecule has 1 aromatic heterocycles. The quantitative estimate of drug-likeness (QED) is 0.608. The first-order valence-corrected chi connectivity index (χ1v) is 8.90. The molecule has 2 N–H and O–H groups in total. The van der Waals surface area contributed by atoms with Gasteiger partial charge in [-0.1, -0.05) is 17.7 Å². The molecule has 0 aliphatic rings. The number of nitrogens with zero attached hydrogens (tertiary/aromatic N) is 1. The number of aromatic nitrogens is 1. The number of carbonyl (C=O) groups is 1. The zero-order valence-corrected chi connectivity index (χ0v) is 16.5. The number of anilines is 3. The fourth-order valence-electron chi connectivity index (χ4n) is 2.58. The minimum atomic E-state index is -0.252. The number of nitrogens with one attached hydrogen (secondary N) is 2. The highest BCUT2D eigenvalue weighted by Crippen LogP contribution is 2.31. The minimum absolute atomic E-state index is 0.252. The molecule has 0 spiro atoms. The Labute approximate surface area is 168 Å². The van der Waals surface area contributed by atoms with Gasteiger partial charge in [-0.3, -0.25) is 4.79 Å². The fraction of sp³-hybridized carbons (Fsp3) is 0.143. The monoisotopic (exact) mass is 397 g/mol. The number of amides is 1. The van der Waals surface area contributed by atoms with Crippen LogP contribution in [0.3, 0.4) is 0 Å². The minimum Gasteiger partial charge on any atom is -0.493 e. The van der Waals surface area contributed by atoms with Crippen molar-refractivity contribution in [1.29, 1.82) is 0 Å². The summed E-state index contributed by atoms with van der Waals surface area (Å²) < 4.78 is 10.5. The summed E-state index contributed by atoms with van der Waals surface area (Å²) >= 11 is 6.11. The van der Waals surface area contributed by atoms with Crippen molar-refractivity contribution in [2.45, 2.75) is 6.92 Å². The molecule has 0 atom stereocenters. The molecule has 2 aromatic carbocycles. The van der Waals surface area contributed by atoms with Gasteiger partial charge in [0.1, 0.15) is 5.82 Å². The number of methoxy groups -OCH3 is 2. The summed E-state index contributed by atoms with van der Waals surface area (Å²) in [5, 5.41) is 6.59. The Bertz CT molecular complexity index is 1010. The van der Waals surface area contributed by atoms with Crippen LogP contribution in [0.5, 0.6) is 11.5 Å². The zero-order chi connectivity index (χ0) is 20.1. The average molecular weight is 398 g/mol. The molecule has 0 saturated carbocycles. The summed E-state index contributed by atoms with van der Waals surface area (Å²) in [5.41, 5.74) is 2.81. The van der Waals surface area contributed by atoms with Crippen molar-refractivity contribution in [3.05, 3.63) is 70.9 Å². The lowest BCUT2D eigenvalue weighted by Gasteiger charge is -2.12. The Morgan fingerprint density at radius 1 is 0.964 bits per heavy atom. The number of hydrogen-bond donors (Lipinski definition) is 2. The molecular weight excluding hydrogens is 378 g/mol. The van der Waals surface area contributed by atoms with E-state index >= 15 is 0 Å². The number of rotatable bonds is 6. The van der Waals surface area contributed by atoms with E-state index in [1.54, 1.807) is 50.7 Å². The molecule has 7 heteroatoms. The molecule has 0 aliphatic heterocycles. The number of hydrogen-bond acceptors (Lipinski definition) is 5. The van der Waals surface area contributed by atoms with Gasteiger partial charge in [0.25, 0.3) is 5.91 Å². The molecular formula is C21H20ClN3O3. The molecule has 3 aromatic rings. The van der Waals surface area contributed by atoms with E-state index in [9.17, 15) is 4.79 Å². The van der Waals surface area contributed by atoms with E-state index in [1.807, 2.05) is 25.1 Å². The first-order chi connectivity index (χ1) is 13.5. The van der Waals surface area contributed by atoms with E-state index in [0.717, 1.165) is 11.3 Å². The topological polar surface area (TPSA) is 72.5 Å². The van der Waals surface area contributed by atoms with E-state index in [-0.39, 0.29) is 5.91 Å². The largest absolute Gasteiger partial charge is 0.493 e. The summed E-state index contributed by atoms with van der Waals surface area (Å²) in [6.07, 6.45) is 1.57. The molecule has 0 saturated heterocycles. The SMILES string of the molecule is COc1ccc(Nc2cc(C(=O)Nc3ccc(C)c(Cl)c3)ccn2)cc1OC. The molecule has 1 heterocycles. The summed E-state index contributed by atoms with van der Waals surface area (Å²) in [6.45, 7) is 1.91. The Morgan fingerprint density at radius 3 is 2.43 bits per heavy atom. The normalized spacial score (nSPS) is 10.3. The van der Waals surface area contributed by atoms with Crippen molar-refractivity contribution in [2.75, 3.05) is 24.9 Å². The van der Waals surface area contributed by atoms with E-state index in [0.29, 0.717) is 33.6 Å². The number of pyridine rings is 1. The Balaban J connectivity index is 1.76. The van der Waals surface area contributed by atoms with Crippen molar-refractivity contribution >= 4 is 34.7 Å². The fourth-order valence-corrected chi connectivity index (χ4v) is 2.76. The van der Waals surface area contributed by atoms with Gasteiger partial charge in [0, 0.05) is 34.2 Å². The Kier molecular flexibility index (Phi) is 6.01. The smallest absolute Gasteiger partial charge is 0.255 e. The predicted molar refractivity (Wildman–Crippen MR) is 111 cm³/mol. The molecule has 0 bridgehead atoms. The third-order valence-electron chi connectivity index (χ3n) is 4.11. The van der Waals surface area contributed by atoms with Crippen LogP contribution in [-0.2, 0) is 0 Å². The number of halogens is 1. The van der Waals surface area contributed by atoms with Gasteiger partial charge in [-0.2, -0.15) is 0 Å². The number of ether oxygens (including phenoxy) is 2. The third-order valence-corrected chi connectivity index (χ3v) is 4.51. The van der Waals surface area contributed by atoms with Crippen molar-refractivity contribution in [2.24, 2.45) is 0 Å². The van der Waals surface area contributed by atoms with Gasteiger partial charge in [-0.25, -0.2) is 4.98 Å². The van der Waals surface area contributed by atoms with Crippen LogP contribution < -0.4 is 20.1 Å². The average Bonchev–Trinajstić information content (AvgIpc) is 2.71. The van der Waals surface area contributed by atoms with E-state index in [2.05, 4.69) is 15.6 Å². The van der Waals surface area contributed by atoms with E-state index in [1.165, 1.54) is 0 Å². The van der Waals surface area contributed by atoms with Gasteiger partial charge in [0.15, 0.2) is 11.5 Å². The zero-order valence-electron chi connectivity index (χ0n) is 15.7. The highest BCUT2D eigenvalue weighted by molar-refractivity contribution is 6.31. The molecule has 0 aliphatic carbocycles. The second-order valence-corrected chi connectivity index (χ2v) is 6.45. The maximum atomic E-state index is 12.6. The molecule has 0 fully saturated rings.